The second kappa shape index (κ2) is 7.57. The van der Waals surface area contributed by atoms with Crippen LogP contribution in [0.1, 0.15) is 28.7 Å². The molecule has 0 saturated heterocycles. The maximum absolute atomic E-state index is 13.5. The van der Waals surface area contributed by atoms with Crippen molar-refractivity contribution in [1.29, 1.82) is 0 Å². The zero-order chi connectivity index (χ0) is 17.6. The SMILES string of the molecule is CCOC(=O)c1nnc(-c2cccc(F)c2)nc1Cc1ccncc1. The lowest BCUT2D eigenvalue weighted by atomic mass is 10.1. The van der Waals surface area contributed by atoms with E-state index in [0.29, 0.717) is 17.7 Å². The number of rotatable bonds is 5. The van der Waals surface area contributed by atoms with Gasteiger partial charge in [-0.2, -0.15) is 0 Å². The predicted octanol–water partition coefficient (Wildman–Crippen LogP) is 2.84. The molecule has 0 saturated carbocycles. The summed E-state index contributed by atoms with van der Waals surface area (Å²) in [6.07, 6.45) is 3.66. The Kier molecular flexibility index (Phi) is 5.03. The van der Waals surface area contributed by atoms with Crippen LogP contribution in [0.4, 0.5) is 4.39 Å². The smallest absolute Gasteiger partial charge is 0.360 e. The minimum atomic E-state index is -0.586. The van der Waals surface area contributed by atoms with Crippen LogP contribution < -0.4 is 0 Å². The molecule has 7 heteroatoms. The number of benzene rings is 1. The van der Waals surface area contributed by atoms with E-state index in [2.05, 4.69) is 20.2 Å². The van der Waals surface area contributed by atoms with Gasteiger partial charge in [0.1, 0.15) is 5.82 Å². The van der Waals surface area contributed by atoms with Gasteiger partial charge in [-0.3, -0.25) is 4.98 Å². The van der Waals surface area contributed by atoms with E-state index in [1.165, 1.54) is 12.1 Å². The van der Waals surface area contributed by atoms with E-state index < -0.39 is 11.8 Å². The summed E-state index contributed by atoms with van der Waals surface area (Å²) >= 11 is 0. The second-order valence-electron chi connectivity index (χ2n) is 5.19. The molecule has 0 radical (unpaired) electrons. The molecule has 0 aliphatic heterocycles. The number of pyridine rings is 1. The zero-order valence-electron chi connectivity index (χ0n) is 13.5. The van der Waals surface area contributed by atoms with Crippen molar-refractivity contribution in [3.05, 3.63) is 71.6 Å². The van der Waals surface area contributed by atoms with Crippen molar-refractivity contribution >= 4 is 5.97 Å². The van der Waals surface area contributed by atoms with Gasteiger partial charge in [-0.05, 0) is 36.8 Å². The zero-order valence-corrected chi connectivity index (χ0v) is 13.5. The molecule has 6 nitrogen and oxygen atoms in total. The first-order chi connectivity index (χ1) is 12.2. The van der Waals surface area contributed by atoms with E-state index in [1.807, 2.05) is 12.1 Å². The maximum Gasteiger partial charge on any atom is 0.360 e. The molecule has 1 aromatic carbocycles. The fourth-order valence-corrected chi connectivity index (χ4v) is 2.28. The van der Waals surface area contributed by atoms with E-state index >= 15 is 0 Å². The summed E-state index contributed by atoms with van der Waals surface area (Å²) in [6.45, 7) is 1.93. The minimum absolute atomic E-state index is 0.0545. The molecule has 2 aromatic heterocycles. The molecule has 0 aliphatic rings. The summed E-state index contributed by atoms with van der Waals surface area (Å²) in [4.78, 5) is 20.5. The largest absolute Gasteiger partial charge is 0.461 e. The summed E-state index contributed by atoms with van der Waals surface area (Å²) in [5.41, 5.74) is 1.86. The second-order valence-corrected chi connectivity index (χ2v) is 5.19. The lowest BCUT2D eigenvalue weighted by Gasteiger charge is -2.09. The molecule has 25 heavy (non-hydrogen) atoms. The van der Waals surface area contributed by atoms with Crippen molar-refractivity contribution in [1.82, 2.24) is 20.2 Å². The Morgan fingerprint density at radius 3 is 2.68 bits per heavy atom. The summed E-state index contributed by atoms with van der Waals surface area (Å²) in [6, 6.07) is 9.53. The van der Waals surface area contributed by atoms with E-state index in [1.54, 1.807) is 31.5 Å². The number of ether oxygens (including phenoxy) is 1. The third kappa shape index (κ3) is 4.00. The molecule has 0 N–H and O–H groups in total. The van der Waals surface area contributed by atoms with E-state index in [-0.39, 0.29) is 18.1 Å². The molecule has 0 unspecified atom stereocenters. The number of hydrogen-bond donors (Lipinski definition) is 0. The fraction of sp³-hybridized carbons (Fsp3) is 0.167. The first-order valence-corrected chi connectivity index (χ1v) is 7.73. The predicted molar refractivity (Wildman–Crippen MR) is 88.2 cm³/mol. The van der Waals surface area contributed by atoms with Crippen LogP contribution in [0.3, 0.4) is 0 Å². The van der Waals surface area contributed by atoms with Gasteiger partial charge >= 0.3 is 5.97 Å². The maximum atomic E-state index is 13.5. The number of carbonyl (C=O) groups is 1. The molecule has 0 amide bonds. The first kappa shape index (κ1) is 16.6. The van der Waals surface area contributed by atoms with Crippen molar-refractivity contribution in [3.63, 3.8) is 0 Å². The minimum Gasteiger partial charge on any atom is -0.461 e. The number of nitrogens with zero attached hydrogens (tertiary/aromatic N) is 4. The Balaban J connectivity index is 2.03. The highest BCUT2D eigenvalue weighted by Crippen LogP contribution is 2.18. The van der Waals surface area contributed by atoms with Crippen LogP contribution in [0.2, 0.25) is 0 Å². The molecule has 0 bridgehead atoms. The van der Waals surface area contributed by atoms with E-state index in [4.69, 9.17) is 4.74 Å². The van der Waals surface area contributed by atoms with Gasteiger partial charge in [0, 0.05) is 24.4 Å². The van der Waals surface area contributed by atoms with Crippen LogP contribution in [-0.2, 0) is 11.2 Å². The molecule has 3 rings (SSSR count). The normalized spacial score (nSPS) is 10.5. The van der Waals surface area contributed by atoms with Gasteiger partial charge in [0.2, 0.25) is 0 Å². The molecule has 126 valence electrons. The van der Waals surface area contributed by atoms with Crippen molar-refractivity contribution in [3.8, 4) is 11.4 Å². The summed E-state index contributed by atoms with van der Waals surface area (Å²) < 4.78 is 18.5. The Morgan fingerprint density at radius 2 is 1.96 bits per heavy atom. The van der Waals surface area contributed by atoms with Gasteiger partial charge in [-0.1, -0.05) is 12.1 Å². The van der Waals surface area contributed by atoms with Gasteiger partial charge in [0.15, 0.2) is 11.5 Å². The summed E-state index contributed by atoms with van der Waals surface area (Å²) in [5.74, 6) is -0.736. The molecule has 2 heterocycles. The fourth-order valence-electron chi connectivity index (χ4n) is 2.28. The first-order valence-electron chi connectivity index (χ1n) is 7.73. The third-order valence-electron chi connectivity index (χ3n) is 3.43. The van der Waals surface area contributed by atoms with Crippen molar-refractivity contribution in [2.75, 3.05) is 6.61 Å². The topological polar surface area (TPSA) is 77.9 Å². The summed E-state index contributed by atoms with van der Waals surface area (Å²) in [5, 5.41) is 7.93. The molecule has 3 aromatic rings. The molecule has 0 atom stereocenters. The lowest BCUT2D eigenvalue weighted by molar-refractivity contribution is 0.0516. The average Bonchev–Trinajstić information content (AvgIpc) is 2.63. The molecule has 0 aliphatic carbocycles. The van der Waals surface area contributed by atoms with Gasteiger partial charge in [0.05, 0.1) is 12.3 Å². The van der Waals surface area contributed by atoms with Crippen LogP contribution >= 0.6 is 0 Å². The number of aromatic nitrogens is 4. The van der Waals surface area contributed by atoms with Gasteiger partial charge in [-0.15, -0.1) is 10.2 Å². The Hall–Kier alpha value is -3.22. The van der Waals surface area contributed by atoms with E-state index in [9.17, 15) is 9.18 Å². The van der Waals surface area contributed by atoms with Crippen molar-refractivity contribution in [2.24, 2.45) is 0 Å². The highest BCUT2D eigenvalue weighted by Gasteiger charge is 2.19. The van der Waals surface area contributed by atoms with Crippen LogP contribution in [0.25, 0.3) is 11.4 Å². The van der Waals surface area contributed by atoms with Crippen LogP contribution in [0, 0.1) is 5.82 Å². The summed E-state index contributed by atoms with van der Waals surface area (Å²) in [7, 11) is 0. The van der Waals surface area contributed by atoms with Gasteiger partial charge in [-0.25, -0.2) is 14.2 Å². The molecular formula is C18H15FN4O2. The lowest BCUT2D eigenvalue weighted by Crippen LogP contribution is -2.15. The molecular weight excluding hydrogens is 323 g/mol. The number of halogens is 1. The highest BCUT2D eigenvalue weighted by atomic mass is 19.1. The Labute approximate surface area is 143 Å². The molecule has 0 fully saturated rings. The number of hydrogen-bond acceptors (Lipinski definition) is 6. The van der Waals surface area contributed by atoms with Crippen LogP contribution in [0.5, 0.6) is 0 Å². The number of carbonyl (C=O) groups excluding carboxylic acids is 1. The quantitative estimate of drug-likeness (QED) is 0.666. The standard InChI is InChI=1S/C18H15FN4O2/c1-2-25-18(24)16-15(10-12-6-8-20-9-7-12)21-17(23-22-16)13-4-3-5-14(19)11-13/h3-9,11H,2,10H2,1H3. The van der Waals surface area contributed by atoms with Gasteiger partial charge in [0.25, 0.3) is 0 Å². The Morgan fingerprint density at radius 1 is 1.16 bits per heavy atom. The van der Waals surface area contributed by atoms with E-state index in [0.717, 1.165) is 5.56 Å². The molecule has 0 spiro atoms. The highest BCUT2D eigenvalue weighted by molar-refractivity contribution is 5.88. The van der Waals surface area contributed by atoms with Gasteiger partial charge < -0.3 is 4.74 Å². The number of esters is 1. The van der Waals surface area contributed by atoms with Crippen molar-refractivity contribution < 1.29 is 13.9 Å². The Bertz CT molecular complexity index is 887. The average molecular weight is 338 g/mol. The monoisotopic (exact) mass is 338 g/mol. The van der Waals surface area contributed by atoms with Crippen molar-refractivity contribution in [2.45, 2.75) is 13.3 Å². The third-order valence-corrected chi connectivity index (χ3v) is 3.43. The van der Waals surface area contributed by atoms with Crippen LogP contribution in [0.15, 0.2) is 48.8 Å². The van der Waals surface area contributed by atoms with Crippen LogP contribution in [-0.4, -0.2) is 32.7 Å².